The van der Waals surface area contributed by atoms with Crippen LogP contribution < -0.4 is 5.73 Å². The number of primary amides is 1. The first-order chi connectivity index (χ1) is 18.6. The molecular weight excluding hydrogens is 563 g/mol. The average molecular weight is 584 g/mol. The molecular formula is C29H21Cl3N2O5. The van der Waals surface area contributed by atoms with Crippen LogP contribution in [-0.4, -0.2) is 34.6 Å². The summed E-state index contributed by atoms with van der Waals surface area (Å²) in [5, 5.41) is 0.508. The number of benzene rings is 3. The van der Waals surface area contributed by atoms with Crippen LogP contribution in [0.4, 0.5) is 0 Å². The second-order valence-electron chi connectivity index (χ2n) is 9.94. The van der Waals surface area contributed by atoms with Crippen LogP contribution in [0.25, 0.3) is 0 Å². The summed E-state index contributed by atoms with van der Waals surface area (Å²) < 4.78 is 5.43. The van der Waals surface area contributed by atoms with Crippen molar-refractivity contribution in [2.75, 3.05) is 0 Å². The number of hydrogen-bond acceptors (Lipinski definition) is 5. The van der Waals surface area contributed by atoms with Gasteiger partial charge in [-0.25, -0.2) is 4.79 Å². The largest absolute Gasteiger partial charge is 0.459 e. The van der Waals surface area contributed by atoms with Crippen molar-refractivity contribution in [3.63, 3.8) is 0 Å². The van der Waals surface area contributed by atoms with Gasteiger partial charge in [0.25, 0.3) is 0 Å². The van der Waals surface area contributed by atoms with Crippen LogP contribution in [0.5, 0.6) is 0 Å². The Morgan fingerprint density at radius 1 is 0.821 bits per heavy atom. The Hall–Kier alpha value is -3.39. The topological polar surface area (TPSA) is 107 Å². The van der Waals surface area contributed by atoms with Gasteiger partial charge >= 0.3 is 5.97 Å². The van der Waals surface area contributed by atoms with Crippen molar-refractivity contribution in [3.05, 3.63) is 106 Å². The lowest BCUT2D eigenvalue weighted by atomic mass is 9.54. The first-order valence-electron chi connectivity index (χ1n) is 12.2. The first kappa shape index (κ1) is 25.9. The Kier molecular flexibility index (Phi) is 6.02. The fourth-order valence-corrected chi connectivity index (χ4v) is 7.52. The highest BCUT2D eigenvalue weighted by molar-refractivity contribution is 6.36. The molecule has 1 fully saturated rings. The molecule has 10 heteroatoms. The molecule has 4 aliphatic rings. The van der Waals surface area contributed by atoms with Gasteiger partial charge in [0.05, 0.1) is 18.3 Å². The van der Waals surface area contributed by atoms with E-state index < -0.39 is 57.7 Å². The minimum absolute atomic E-state index is 0.163. The molecule has 1 heterocycles. The van der Waals surface area contributed by atoms with Crippen molar-refractivity contribution < 1.29 is 23.9 Å². The van der Waals surface area contributed by atoms with Gasteiger partial charge in [0, 0.05) is 5.02 Å². The SMILES string of the molecule is NC(=O)C[C@H](C(=O)OCc1ccc(Cl)cc1)N1C(=O)[C@@H]2[C@H](C1=O)C1(Cl)c3ccccc3C2(Cl)c2ccccc21. The summed E-state index contributed by atoms with van der Waals surface area (Å²) in [4.78, 5) is 51.6. The lowest BCUT2D eigenvalue weighted by Gasteiger charge is -2.54. The monoisotopic (exact) mass is 582 g/mol. The predicted molar refractivity (Wildman–Crippen MR) is 144 cm³/mol. The summed E-state index contributed by atoms with van der Waals surface area (Å²) in [5.74, 6) is -5.47. The number of amides is 3. The van der Waals surface area contributed by atoms with Crippen LogP contribution in [0.3, 0.4) is 0 Å². The molecule has 0 aromatic heterocycles. The third-order valence-corrected chi connectivity index (χ3v) is 9.43. The van der Waals surface area contributed by atoms with Crippen molar-refractivity contribution in [2.24, 2.45) is 17.6 Å². The van der Waals surface area contributed by atoms with Crippen LogP contribution in [0.1, 0.15) is 34.2 Å². The van der Waals surface area contributed by atoms with E-state index in [0.29, 0.717) is 32.8 Å². The van der Waals surface area contributed by atoms with E-state index in [2.05, 4.69) is 0 Å². The molecule has 2 bridgehead atoms. The second-order valence-corrected chi connectivity index (χ2v) is 11.6. The molecule has 3 aromatic rings. The highest BCUT2D eigenvalue weighted by atomic mass is 35.5. The van der Waals surface area contributed by atoms with Crippen LogP contribution >= 0.6 is 34.8 Å². The van der Waals surface area contributed by atoms with Crippen molar-refractivity contribution in [3.8, 4) is 0 Å². The van der Waals surface area contributed by atoms with Crippen molar-refractivity contribution in [1.82, 2.24) is 4.90 Å². The molecule has 7 rings (SSSR count). The van der Waals surface area contributed by atoms with Gasteiger partial charge in [-0.1, -0.05) is 72.3 Å². The van der Waals surface area contributed by atoms with Crippen LogP contribution in [0, 0.1) is 11.8 Å². The molecule has 0 saturated carbocycles. The van der Waals surface area contributed by atoms with E-state index in [0.717, 1.165) is 4.90 Å². The fourth-order valence-electron chi connectivity index (χ4n) is 6.30. The second kappa shape index (κ2) is 9.08. The number of hydrogen-bond donors (Lipinski definition) is 1. The maximum absolute atomic E-state index is 14.1. The quantitative estimate of drug-likeness (QED) is 0.266. The standard InChI is InChI=1S/C29H21Cl3N2O5/c30-16-11-9-15(10-12-16)14-39-27(38)21(13-22(33)35)34-25(36)23-24(26(34)37)29(32)18-6-2-1-5-17(18)28(23,31)19-7-3-4-8-20(19)29/h1-12,21,23-24H,13-14H2,(H2,33,35)/t21-,23-,24+,28?,29?/m1/s1. The van der Waals surface area contributed by atoms with Gasteiger partial charge < -0.3 is 10.5 Å². The third kappa shape index (κ3) is 3.56. The third-order valence-electron chi connectivity index (χ3n) is 7.89. The number of imide groups is 1. The van der Waals surface area contributed by atoms with Crippen molar-refractivity contribution in [2.45, 2.75) is 28.8 Å². The van der Waals surface area contributed by atoms with E-state index in [1.54, 1.807) is 72.8 Å². The normalized spacial score (nSPS) is 27.0. The zero-order chi connectivity index (χ0) is 27.7. The highest BCUT2D eigenvalue weighted by Gasteiger charge is 2.73. The Morgan fingerprint density at radius 3 is 1.67 bits per heavy atom. The van der Waals surface area contributed by atoms with E-state index in [1.165, 1.54) is 0 Å². The van der Waals surface area contributed by atoms with E-state index in [9.17, 15) is 19.2 Å². The lowest BCUT2D eigenvalue weighted by molar-refractivity contribution is -0.160. The van der Waals surface area contributed by atoms with Crippen molar-refractivity contribution in [1.29, 1.82) is 0 Å². The van der Waals surface area contributed by atoms with Gasteiger partial charge in [-0.3, -0.25) is 19.3 Å². The zero-order valence-electron chi connectivity index (χ0n) is 20.3. The molecule has 0 radical (unpaired) electrons. The minimum Gasteiger partial charge on any atom is -0.459 e. The first-order valence-corrected chi connectivity index (χ1v) is 13.4. The molecule has 3 amide bonds. The van der Waals surface area contributed by atoms with Gasteiger partial charge in [-0.15, -0.1) is 23.2 Å². The van der Waals surface area contributed by atoms with Gasteiger partial charge in [-0.05, 0) is 39.9 Å². The van der Waals surface area contributed by atoms with E-state index in [4.69, 9.17) is 45.3 Å². The number of nitrogens with two attached hydrogens (primary N) is 1. The molecule has 0 spiro atoms. The fraction of sp³-hybridized carbons (Fsp3) is 0.241. The minimum atomic E-state index is -1.58. The van der Waals surface area contributed by atoms with Gasteiger partial charge in [-0.2, -0.15) is 0 Å². The molecule has 3 aliphatic carbocycles. The molecule has 2 N–H and O–H groups in total. The molecule has 7 nitrogen and oxygen atoms in total. The van der Waals surface area contributed by atoms with E-state index >= 15 is 0 Å². The summed E-state index contributed by atoms with van der Waals surface area (Å²) in [6.45, 7) is -0.163. The van der Waals surface area contributed by atoms with Gasteiger partial charge in [0.2, 0.25) is 17.7 Å². The maximum Gasteiger partial charge on any atom is 0.330 e. The Labute approximate surface area is 238 Å². The summed E-state index contributed by atoms with van der Waals surface area (Å²) >= 11 is 20.7. The Morgan fingerprint density at radius 2 is 1.26 bits per heavy atom. The summed E-state index contributed by atoms with van der Waals surface area (Å²) in [6, 6.07) is 19.4. The number of alkyl halides is 2. The molecule has 1 aliphatic heterocycles. The van der Waals surface area contributed by atoms with Gasteiger partial charge in [0.1, 0.15) is 22.4 Å². The van der Waals surface area contributed by atoms with Crippen LogP contribution in [-0.2, 0) is 40.3 Å². The molecule has 0 unspecified atom stereocenters. The Bertz CT molecular complexity index is 1430. The Balaban J connectivity index is 1.42. The smallest absolute Gasteiger partial charge is 0.330 e. The number of ether oxygens (including phenoxy) is 1. The number of nitrogens with zero attached hydrogens (tertiary/aromatic N) is 1. The molecule has 3 aromatic carbocycles. The molecule has 1 saturated heterocycles. The highest BCUT2D eigenvalue weighted by Crippen LogP contribution is 2.69. The number of likely N-dealkylation sites (tertiary alicyclic amines) is 1. The number of halogens is 3. The summed E-state index contributed by atoms with van der Waals surface area (Å²) in [7, 11) is 0. The lowest BCUT2D eigenvalue weighted by Crippen LogP contribution is -2.57. The summed E-state index contributed by atoms with van der Waals surface area (Å²) in [5.41, 5.74) is 8.59. The summed E-state index contributed by atoms with van der Waals surface area (Å²) in [6.07, 6.45) is -0.610. The zero-order valence-corrected chi connectivity index (χ0v) is 22.5. The number of rotatable bonds is 6. The number of carbonyl (C=O) groups excluding carboxylic acids is 4. The van der Waals surface area contributed by atoms with E-state index in [1.807, 2.05) is 0 Å². The predicted octanol–water partition coefficient (Wildman–Crippen LogP) is 4.22. The van der Waals surface area contributed by atoms with E-state index in [-0.39, 0.29) is 6.61 Å². The molecule has 3 atom stereocenters. The van der Waals surface area contributed by atoms with Crippen molar-refractivity contribution >= 4 is 58.5 Å². The van der Waals surface area contributed by atoms with Crippen LogP contribution in [0.15, 0.2) is 72.8 Å². The average Bonchev–Trinajstić information content (AvgIpc) is 3.20. The van der Waals surface area contributed by atoms with Gasteiger partial charge in [0.15, 0.2) is 0 Å². The molecule has 39 heavy (non-hydrogen) atoms. The maximum atomic E-state index is 14.1. The number of esters is 1. The number of carbonyl (C=O) groups is 4. The van der Waals surface area contributed by atoms with Crippen LogP contribution in [0.2, 0.25) is 5.02 Å². The molecule has 198 valence electrons.